The maximum absolute atomic E-state index is 6.37. The van der Waals surface area contributed by atoms with Crippen LogP contribution in [0.1, 0.15) is 5.56 Å². The molecule has 0 radical (unpaired) electrons. The second-order valence-corrected chi connectivity index (χ2v) is 14.3. The summed E-state index contributed by atoms with van der Waals surface area (Å²) in [5.74, 6) is 0.761. The van der Waals surface area contributed by atoms with Gasteiger partial charge in [-0.2, -0.15) is 0 Å². The highest BCUT2D eigenvalue weighted by molar-refractivity contribution is 14.1. The molecule has 0 aromatic heterocycles. The van der Waals surface area contributed by atoms with Crippen molar-refractivity contribution in [3.63, 3.8) is 0 Å². The first-order valence-electron chi connectivity index (χ1n) is 6.44. The van der Waals surface area contributed by atoms with Crippen LogP contribution in [0.2, 0.25) is 25.7 Å². The number of methoxy groups -OCH3 is 1. The molecule has 6 heteroatoms. The normalized spacial score (nSPS) is 14.9. The molecule has 1 aromatic rings. The maximum atomic E-state index is 6.37. The maximum Gasteiger partial charge on any atom is 0.194 e. The van der Waals surface area contributed by atoms with Gasteiger partial charge in [0.15, 0.2) is 9.86 Å². The van der Waals surface area contributed by atoms with Crippen LogP contribution >= 0.6 is 34.2 Å². The lowest BCUT2D eigenvalue weighted by atomic mass is 10.2. The summed E-state index contributed by atoms with van der Waals surface area (Å²) in [4.78, 5) is 0. The van der Waals surface area contributed by atoms with Gasteiger partial charge in [-0.15, -0.1) is 0 Å². The van der Waals surface area contributed by atoms with E-state index in [9.17, 15) is 0 Å². The molecule has 0 N–H and O–H groups in total. The number of halogens is 2. The second-order valence-electron chi connectivity index (χ2n) is 5.86. The molecule has 0 heterocycles. The van der Waals surface area contributed by atoms with Crippen molar-refractivity contribution in [1.82, 2.24) is 0 Å². The molecule has 1 unspecified atom stereocenters. The summed E-state index contributed by atoms with van der Waals surface area (Å²) < 4.78 is 15.6. The Labute approximate surface area is 141 Å². The molecule has 0 saturated heterocycles. The van der Waals surface area contributed by atoms with Crippen molar-refractivity contribution in [2.75, 3.05) is 13.9 Å². The third-order valence-electron chi connectivity index (χ3n) is 2.44. The number of benzene rings is 1. The van der Waals surface area contributed by atoms with Crippen LogP contribution in [0, 0.1) is 0 Å². The van der Waals surface area contributed by atoms with E-state index in [0.29, 0.717) is 6.61 Å². The Morgan fingerprint density at radius 2 is 2.00 bits per heavy atom. The van der Waals surface area contributed by atoms with E-state index in [4.69, 9.17) is 25.8 Å². The van der Waals surface area contributed by atoms with Gasteiger partial charge in [0.2, 0.25) is 0 Å². The Hall–Kier alpha value is 0.177. The second kappa shape index (κ2) is 7.98. The van der Waals surface area contributed by atoms with Crippen molar-refractivity contribution in [2.45, 2.75) is 35.4 Å². The van der Waals surface area contributed by atoms with E-state index in [2.05, 4.69) is 42.2 Å². The summed E-state index contributed by atoms with van der Waals surface area (Å²) in [5, 5.41) is 0. The van der Waals surface area contributed by atoms with Crippen LogP contribution < -0.4 is 4.74 Å². The number of ether oxygens (including phenoxy) is 3. The minimum absolute atomic E-state index is 0.146. The lowest BCUT2D eigenvalue weighted by molar-refractivity contribution is -0.00292. The van der Waals surface area contributed by atoms with Crippen LogP contribution in [0.5, 0.6) is 5.75 Å². The van der Waals surface area contributed by atoms with Crippen LogP contribution in [0.15, 0.2) is 24.3 Å². The number of rotatable bonds is 8. The predicted octanol–water partition coefficient (Wildman–Crippen LogP) is 4.85. The highest BCUT2D eigenvalue weighted by atomic mass is 127. The van der Waals surface area contributed by atoms with E-state index in [1.54, 1.807) is 7.11 Å². The Morgan fingerprint density at radius 1 is 1.30 bits per heavy atom. The molecule has 1 aromatic carbocycles. The zero-order valence-electron chi connectivity index (χ0n) is 12.4. The molecule has 3 nitrogen and oxygen atoms in total. The van der Waals surface area contributed by atoms with Gasteiger partial charge in [-0.05, 0) is 46.3 Å². The molecule has 1 atom stereocenters. The van der Waals surface area contributed by atoms with E-state index >= 15 is 0 Å². The standard InChI is InChI=1S/C14H22ClIO3Si/c1-17-9-12-6-5-7-13(8-12)18-11-19-14(15,16)10-20(2,3)4/h5-8H,9-11H2,1-4H3. The molecule has 0 aliphatic carbocycles. The van der Waals surface area contributed by atoms with Crippen LogP contribution in [0.3, 0.4) is 0 Å². The van der Waals surface area contributed by atoms with Gasteiger partial charge < -0.3 is 14.2 Å². The SMILES string of the molecule is COCc1cccc(OCOC(Cl)(I)C[Si](C)(C)C)c1. The summed E-state index contributed by atoms with van der Waals surface area (Å²) in [6.45, 7) is 7.51. The molecule has 20 heavy (non-hydrogen) atoms. The number of alkyl halides is 2. The fourth-order valence-electron chi connectivity index (χ4n) is 1.74. The van der Waals surface area contributed by atoms with Crippen molar-refractivity contribution in [3.05, 3.63) is 29.8 Å². The van der Waals surface area contributed by atoms with Crippen molar-refractivity contribution in [2.24, 2.45) is 0 Å². The van der Waals surface area contributed by atoms with E-state index < -0.39 is 11.1 Å². The molecule has 0 bridgehead atoms. The predicted molar refractivity (Wildman–Crippen MR) is 94.5 cm³/mol. The molecule has 0 fully saturated rings. The molecular formula is C14H22ClIO3Si. The molecule has 0 aliphatic rings. The summed E-state index contributed by atoms with van der Waals surface area (Å²) in [6, 6.07) is 8.63. The van der Waals surface area contributed by atoms with Gasteiger partial charge in [-0.3, -0.25) is 0 Å². The van der Waals surface area contributed by atoms with Crippen LogP contribution in [0.25, 0.3) is 0 Å². The minimum atomic E-state index is -1.28. The van der Waals surface area contributed by atoms with Crippen molar-refractivity contribution in [3.8, 4) is 5.75 Å². The van der Waals surface area contributed by atoms with Gasteiger partial charge in [0.05, 0.1) is 6.61 Å². The topological polar surface area (TPSA) is 27.7 Å². The summed E-state index contributed by atoms with van der Waals surface area (Å²) in [5.41, 5.74) is 1.07. The average Bonchev–Trinajstić information content (AvgIpc) is 2.26. The summed E-state index contributed by atoms with van der Waals surface area (Å²) in [7, 11) is 0.393. The first kappa shape index (κ1) is 18.2. The van der Waals surface area contributed by atoms with Crippen LogP contribution in [-0.2, 0) is 16.1 Å². The van der Waals surface area contributed by atoms with E-state index in [-0.39, 0.29) is 6.79 Å². The smallest absolute Gasteiger partial charge is 0.194 e. The Kier molecular flexibility index (Phi) is 7.27. The van der Waals surface area contributed by atoms with Gasteiger partial charge >= 0.3 is 0 Å². The van der Waals surface area contributed by atoms with E-state index in [1.165, 1.54) is 0 Å². The third-order valence-corrected chi connectivity index (χ3v) is 5.88. The molecule has 0 amide bonds. The number of hydrogen-bond acceptors (Lipinski definition) is 3. The third kappa shape index (κ3) is 7.83. The van der Waals surface area contributed by atoms with Gasteiger partial charge in [0, 0.05) is 15.2 Å². The monoisotopic (exact) mass is 428 g/mol. The minimum Gasteiger partial charge on any atom is -0.467 e. The van der Waals surface area contributed by atoms with Gasteiger partial charge in [-0.1, -0.05) is 43.4 Å². The fraction of sp³-hybridized carbons (Fsp3) is 0.571. The van der Waals surface area contributed by atoms with Gasteiger partial charge in [0.25, 0.3) is 0 Å². The lowest BCUT2D eigenvalue weighted by Crippen LogP contribution is -2.32. The van der Waals surface area contributed by atoms with Crippen LogP contribution in [0.4, 0.5) is 0 Å². The van der Waals surface area contributed by atoms with Crippen LogP contribution in [-0.4, -0.2) is 25.0 Å². The molecule has 0 spiro atoms. The lowest BCUT2D eigenvalue weighted by Gasteiger charge is -2.27. The molecular weight excluding hydrogens is 407 g/mol. The fourth-order valence-corrected chi connectivity index (χ4v) is 7.89. The van der Waals surface area contributed by atoms with Crippen molar-refractivity contribution in [1.29, 1.82) is 0 Å². The first-order chi connectivity index (χ1) is 9.22. The zero-order valence-corrected chi connectivity index (χ0v) is 16.3. The quantitative estimate of drug-likeness (QED) is 0.256. The Balaban J connectivity index is 2.45. The Morgan fingerprint density at radius 3 is 2.60 bits per heavy atom. The molecule has 114 valence electrons. The first-order valence-corrected chi connectivity index (χ1v) is 11.6. The van der Waals surface area contributed by atoms with E-state index in [1.807, 2.05) is 24.3 Å². The van der Waals surface area contributed by atoms with E-state index in [0.717, 1.165) is 17.4 Å². The summed E-state index contributed by atoms with van der Waals surface area (Å²) in [6.07, 6.45) is 0. The van der Waals surface area contributed by atoms with Crippen molar-refractivity contribution >= 4 is 42.3 Å². The molecule has 0 saturated carbocycles. The van der Waals surface area contributed by atoms with Crippen molar-refractivity contribution < 1.29 is 14.2 Å². The van der Waals surface area contributed by atoms with Gasteiger partial charge in [0.1, 0.15) is 5.75 Å². The average molecular weight is 429 g/mol. The zero-order chi connectivity index (χ0) is 15.2. The molecule has 0 aliphatic heterocycles. The number of hydrogen-bond donors (Lipinski definition) is 0. The summed E-state index contributed by atoms with van der Waals surface area (Å²) >= 11 is 8.51. The highest BCUT2D eigenvalue weighted by Gasteiger charge is 2.31. The van der Waals surface area contributed by atoms with Gasteiger partial charge in [-0.25, -0.2) is 0 Å². The molecule has 1 rings (SSSR count). The Bertz CT molecular complexity index is 421. The largest absolute Gasteiger partial charge is 0.467 e. The highest BCUT2D eigenvalue weighted by Crippen LogP contribution is 2.35.